The molecule has 21 heavy (non-hydrogen) atoms. The maximum absolute atomic E-state index is 11.7. The first-order valence-corrected chi connectivity index (χ1v) is 7.54. The van der Waals surface area contributed by atoms with E-state index in [1.54, 1.807) is 29.2 Å². The number of primary amides is 1. The van der Waals surface area contributed by atoms with Gasteiger partial charge in [0.2, 0.25) is 0 Å². The number of carbonyl (C=O) groups excluding carboxylic acids is 1. The number of phenols is 1. The molecule has 0 aromatic heterocycles. The lowest BCUT2D eigenvalue weighted by Gasteiger charge is -2.36. The molecule has 1 aliphatic heterocycles. The normalized spacial score (nSPS) is 23.0. The quantitative estimate of drug-likeness (QED) is 0.894. The third-order valence-corrected chi connectivity index (χ3v) is 4.01. The maximum Gasteiger partial charge on any atom is 0.319 e. The zero-order chi connectivity index (χ0) is 15.4. The highest BCUT2D eigenvalue weighted by atomic mass is 16.3. The largest absolute Gasteiger partial charge is 0.508 e. The van der Waals surface area contributed by atoms with Crippen LogP contribution in [0.5, 0.6) is 5.75 Å². The van der Waals surface area contributed by atoms with Crippen molar-refractivity contribution >= 4 is 11.7 Å². The fourth-order valence-corrected chi connectivity index (χ4v) is 3.22. The number of urea groups is 1. The van der Waals surface area contributed by atoms with E-state index >= 15 is 0 Å². The monoisotopic (exact) mass is 291 g/mol. The molecule has 5 heteroatoms. The van der Waals surface area contributed by atoms with E-state index in [4.69, 9.17) is 5.73 Å². The van der Waals surface area contributed by atoms with E-state index in [1.165, 1.54) is 6.42 Å². The van der Waals surface area contributed by atoms with Crippen LogP contribution in [0.15, 0.2) is 24.3 Å². The summed E-state index contributed by atoms with van der Waals surface area (Å²) >= 11 is 0. The van der Waals surface area contributed by atoms with Crippen molar-refractivity contribution in [3.05, 3.63) is 24.3 Å². The average molecular weight is 291 g/mol. The molecule has 0 bridgehead atoms. The Kier molecular flexibility index (Phi) is 5.07. The Morgan fingerprint density at radius 1 is 1.29 bits per heavy atom. The Labute approximate surface area is 126 Å². The van der Waals surface area contributed by atoms with Crippen molar-refractivity contribution < 1.29 is 9.90 Å². The number of phenolic OH excluding ortho intramolecular Hbond substituents is 1. The van der Waals surface area contributed by atoms with Crippen molar-refractivity contribution in [2.45, 2.75) is 20.3 Å². The zero-order valence-electron chi connectivity index (χ0n) is 12.8. The van der Waals surface area contributed by atoms with Crippen molar-refractivity contribution in [1.29, 1.82) is 0 Å². The Morgan fingerprint density at radius 3 is 2.38 bits per heavy atom. The second kappa shape index (κ2) is 6.80. The summed E-state index contributed by atoms with van der Waals surface area (Å²) in [6.07, 6.45) is 1.27. The lowest BCUT2D eigenvalue weighted by atomic mass is 9.92. The van der Waals surface area contributed by atoms with Crippen LogP contribution >= 0.6 is 0 Å². The van der Waals surface area contributed by atoms with E-state index in [-0.39, 0.29) is 5.75 Å². The van der Waals surface area contributed by atoms with Gasteiger partial charge in [-0.25, -0.2) is 4.79 Å². The highest BCUT2D eigenvalue weighted by Gasteiger charge is 2.22. The fourth-order valence-electron chi connectivity index (χ4n) is 3.22. The Morgan fingerprint density at radius 2 is 1.86 bits per heavy atom. The van der Waals surface area contributed by atoms with Crippen LogP contribution in [0.3, 0.4) is 0 Å². The van der Waals surface area contributed by atoms with E-state index in [0.29, 0.717) is 18.4 Å². The topological polar surface area (TPSA) is 69.8 Å². The predicted octanol–water partition coefficient (Wildman–Crippen LogP) is 2.26. The van der Waals surface area contributed by atoms with Gasteiger partial charge in [0.15, 0.2) is 0 Å². The number of likely N-dealkylation sites (tertiary alicyclic amines) is 1. The summed E-state index contributed by atoms with van der Waals surface area (Å²) in [6.45, 7) is 8.08. The minimum Gasteiger partial charge on any atom is -0.508 e. The first-order chi connectivity index (χ1) is 9.95. The fraction of sp³-hybridized carbons (Fsp3) is 0.562. The molecule has 1 fully saturated rings. The second-order valence-electron chi connectivity index (χ2n) is 6.21. The summed E-state index contributed by atoms with van der Waals surface area (Å²) in [6, 6.07) is 6.09. The molecule has 0 saturated carbocycles. The summed E-state index contributed by atoms with van der Waals surface area (Å²) in [5.41, 5.74) is 6.20. The molecule has 0 spiro atoms. The Hall–Kier alpha value is -1.75. The number of piperidine rings is 1. The van der Waals surface area contributed by atoms with Crippen molar-refractivity contribution in [1.82, 2.24) is 4.90 Å². The van der Waals surface area contributed by atoms with Crippen LogP contribution in [0, 0.1) is 11.8 Å². The number of hydrogen-bond acceptors (Lipinski definition) is 3. The van der Waals surface area contributed by atoms with Crippen LogP contribution < -0.4 is 10.6 Å². The molecule has 5 nitrogen and oxygen atoms in total. The van der Waals surface area contributed by atoms with Crippen LogP contribution in [0.4, 0.5) is 10.5 Å². The van der Waals surface area contributed by atoms with Gasteiger partial charge in [0.1, 0.15) is 5.75 Å². The molecule has 2 unspecified atom stereocenters. The number of aromatic hydroxyl groups is 1. The minimum absolute atomic E-state index is 0.182. The van der Waals surface area contributed by atoms with Gasteiger partial charge >= 0.3 is 6.03 Å². The van der Waals surface area contributed by atoms with Crippen LogP contribution in [0.1, 0.15) is 20.3 Å². The number of benzene rings is 1. The number of anilines is 1. The van der Waals surface area contributed by atoms with Gasteiger partial charge in [0, 0.05) is 31.9 Å². The number of carbonyl (C=O) groups is 1. The third kappa shape index (κ3) is 4.36. The summed E-state index contributed by atoms with van der Waals surface area (Å²) in [5, 5.41) is 9.33. The lowest BCUT2D eigenvalue weighted by molar-refractivity contribution is 0.144. The lowest BCUT2D eigenvalue weighted by Crippen LogP contribution is -2.45. The first-order valence-electron chi connectivity index (χ1n) is 7.54. The number of rotatable bonds is 4. The van der Waals surface area contributed by atoms with Crippen LogP contribution in [-0.4, -0.2) is 42.2 Å². The number of hydrogen-bond donors (Lipinski definition) is 2. The molecule has 1 aromatic carbocycles. The maximum atomic E-state index is 11.7. The molecule has 3 N–H and O–H groups in total. The second-order valence-corrected chi connectivity index (χ2v) is 6.21. The molecule has 1 aliphatic rings. The SMILES string of the molecule is CC1CC(C)CN(CCN(C(N)=O)c2ccc(O)cc2)C1. The highest BCUT2D eigenvalue weighted by molar-refractivity contribution is 5.90. The molecule has 1 saturated heterocycles. The molecule has 1 aromatic rings. The summed E-state index contributed by atoms with van der Waals surface area (Å²) in [5.74, 6) is 1.58. The highest BCUT2D eigenvalue weighted by Crippen LogP contribution is 2.22. The molecular formula is C16H25N3O2. The van der Waals surface area contributed by atoms with Gasteiger partial charge in [0.05, 0.1) is 0 Å². The van der Waals surface area contributed by atoms with E-state index in [1.807, 2.05) is 0 Å². The standard InChI is InChI=1S/C16H25N3O2/c1-12-9-13(2)11-18(10-12)7-8-19(16(17)21)14-3-5-15(20)6-4-14/h3-6,12-13,20H,7-11H2,1-2H3,(H2,17,21). The molecule has 0 radical (unpaired) electrons. The van der Waals surface area contributed by atoms with E-state index < -0.39 is 6.03 Å². The molecule has 1 heterocycles. The predicted molar refractivity (Wildman–Crippen MR) is 84.4 cm³/mol. The number of amides is 2. The van der Waals surface area contributed by atoms with Crippen molar-refractivity contribution in [3.63, 3.8) is 0 Å². The number of nitrogens with zero attached hydrogens (tertiary/aromatic N) is 2. The van der Waals surface area contributed by atoms with Gasteiger partial charge in [-0.05, 0) is 42.5 Å². The average Bonchev–Trinajstić information content (AvgIpc) is 2.39. The minimum atomic E-state index is -0.459. The van der Waals surface area contributed by atoms with E-state index in [9.17, 15) is 9.90 Å². The van der Waals surface area contributed by atoms with Crippen molar-refractivity contribution in [2.75, 3.05) is 31.1 Å². The Balaban J connectivity index is 1.97. The van der Waals surface area contributed by atoms with Gasteiger partial charge in [-0.1, -0.05) is 13.8 Å². The van der Waals surface area contributed by atoms with Crippen LogP contribution in [-0.2, 0) is 0 Å². The van der Waals surface area contributed by atoms with Crippen LogP contribution in [0.2, 0.25) is 0 Å². The van der Waals surface area contributed by atoms with E-state index in [0.717, 1.165) is 25.3 Å². The smallest absolute Gasteiger partial charge is 0.319 e. The summed E-state index contributed by atoms with van der Waals surface area (Å²) < 4.78 is 0. The first kappa shape index (κ1) is 15.6. The third-order valence-electron chi connectivity index (χ3n) is 4.01. The van der Waals surface area contributed by atoms with Gasteiger partial charge < -0.3 is 15.7 Å². The molecular weight excluding hydrogens is 266 g/mol. The zero-order valence-corrected chi connectivity index (χ0v) is 12.8. The molecule has 2 amide bonds. The molecule has 116 valence electrons. The van der Waals surface area contributed by atoms with Gasteiger partial charge in [-0.2, -0.15) is 0 Å². The number of nitrogens with two attached hydrogens (primary N) is 1. The van der Waals surface area contributed by atoms with Crippen molar-refractivity contribution in [2.24, 2.45) is 17.6 Å². The van der Waals surface area contributed by atoms with Gasteiger partial charge in [-0.3, -0.25) is 4.90 Å². The van der Waals surface area contributed by atoms with Gasteiger partial charge in [-0.15, -0.1) is 0 Å². The van der Waals surface area contributed by atoms with Crippen LogP contribution in [0.25, 0.3) is 0 Å². The van der Waals surface area contributed by atoms with Crippen molar-refractivity contribution in [3.8, 4) is 5.75 Å². The summed E-state index contributed by atoms with van der Waals surface area (Å²) in [7, 11) is 0. The summed E-state index contributed by atoms with van der Waals surface area (Å²) in [4.78, 5) is 15.6. The van der Waals surface area contributed by atoms with E-state index in [2.05, 4.69) is 18.7 Å². The van der Waals surface area contributed by atoms with Gasteiger partial charge in [0.25, 0.3) is 0 Å². The Bertz CT molecular complexity index is 465. The molecule has 0 aliphatic carbocycles. The molecule has 2 atom stereocenters. The molecule has 2 rings (SSSR count).